The van der Waals surface area contributed by atoms with Gasteiger partial charge in [-0.3, -0.25) is 4.79 Å². The van der Waals surface area contributed by atoms with E-state index in [1.165, 1.54) is 5.56 Å². The maximum atomic E-state index is 11.6. The first-order valence-electron chi connectivity index (χ1n) is 9.42. The van der Waals surface area contributed by atoms with Crippen LogP contribution in [0.4, 0.5) is 5.69 Å². The second-order valence-electron chi connectivity index (χ2n) is 7.07. The van der Waals surface area contributed by atoms with E-state index in [1.54, 1.807) is 0 Å². The third-order valence-corrected chi connectivity index (χ3v) is 5.02. The Balaban J connectivity index is 1.43. The number of rotatable bonds is 5. The van der Waals surface area contributed by atoms with Crippen LogP contribution in [0, 0.1) is 6.92 Å². The molecule has 138 valence electrons. The summed E-state index contributed by atoms with van der Waals surface area (Å²) in [4.78, 5) is 11.6. The molecule has 1 unspecified atom stereocenters. The molecule has 0 bridgehead atoms. The van der Waals surface area contributed by atoms with Gasteiger partial charge >= 0.3 is 0 Å². The number of hydrogen-bond donors (Lipinski definition) is 2. The van der Waals surface area contributed by atoms with Gasteiger partial charge < -0.3 is 10.6 Å². The minimum absolute atomic E-state index is 0.122. The molecule has 27 heavy (non-hydrogen) atoms. The average Bonchev–Trinajstić information content (AvgIpc) is 3.16. The molecule has 1 fully saturated rings. The minimum atomic E-state index is 0.122. The maximum absolute atomic E-state index is 11.6. The minimum Gasteiger partial charge on any atom is -0.381 e. The molecule has 0 radical (unpaired) electrons. The monoisotopic (exact) mass is 360 g/mol. The number of benzene rings is 2. The second-order valence-corrected chi connectivity index (χ2v) is 7.07. The van der Waals surface area contributed by atoms with Gasteiger partial charge in [0.1, 0.15) is 0 Å². The zero-order valence-electron chi connectivity index (χ0n) is 15.5. The summed E-state index contributed by atoms with van der Waals surface area (Å²) in [7, 11) is 0. The molecule has 0 aliphatic carbocycles. The summed E-state index contributed by atoms with van der Waals surface area (Å²) in [6.45, 7) is 2.79. The third kappa shape index (κ3) is 4.03. The molecule has 2 heterocycles. The van der Waals surface area contributed by atoms with E-state index < -0.39 is 0 Å². The highest BCUT2D eigenvalue weighted by atomic mass is 16.1. The molecule has 1 aliphatic rings. The number of nitrogens with zero attached hydrogens (tertiary/aromatic N) is 2. The number of para-hydroxylation sites is 1. The Bertz CT molecular complexity index is 947. The van der Waals surface area contributed by atoms with Crippen molar-refractivity contribution >= 4 is 11.6 Å². The molecule has 4 rings (SSSR count). The van der Waals surface area contributed by atoms with Crippen LogP contribution >= 0.6 is 0 Å². The van der Waals surface area contributed by atoms with Gasteiger partial charge in [-0.1, -0.05) is 30.3 Å². The highest BCUT2D eigenvalue weighted by Gasteiger charge is 2.19. The molecule has 1 atom stereocenters. The van der Waals surface area contributed by atoms with Crippen molar-refractivity contribution in [3.63, 3.8) is 0 Å². The first-order chi connectivity index (χ1) is 13.2. The standard InChI is InChI=1S/C22H24N4O/c1-16-6-2-3-10-21(16)26-15-17(14-24-26)13-23-19-8-4-7-18(12-19)20-9-5-11-22(27)25-20/h2-4,6-8,10,12,14-15,20,23H,5,9,11,13H2,1H3,(H,25,27). The lowest BCUT2D eigenvalue weighted by molar-refractivity contribution is -0.123. The van der Waals surface area contributed by atoms with Crippen LogP contribution in [0.15, 0.2) is 60.9 Å². The number of carbonyl (C=O) groups is 1. The predicted octanol–water partition coefficient (Wildman–Crippen LogP) is 4.13. The summed E-state index contributed by atoms with van der Waals surface area (Å²) in [5, 5.41) is 11.0. The fraction of sp³-hybridized carbons (Fsp3) is 0.273. The molecular weight excluding hydrogens is 336 g/mol. The summed E-state index contributed by atoms with van der Waals surface area (Å²) in [5.41, 5.74) is 5.62. The van der Waals surface area contributed by atoms with Gasteiger partial charge in [0, 0.05) is 30.4 Å². The smallest absolute Gasteiger partial charge is 0.220 e. The second kappa shape index (κ2) is 7.66. The highest BCUT2D eigenvalue weighted by Crippen LogP contribution is 2.25. The molecule has 0 spiro atoms. The number of hydrogen-bond acceptors (Lipinski definition) is 3. The number of carbonyl (C=O) groups excluding carboxylic acids is 1. The van der Waals surface area contributed by atoms with E-state index in [0.29, 0.717) is 13.0 Å². The zero-order chi connectivity index (χ0) is 18.6. The summed E-state index contributed by atoms with van der Waals surface area (Å²) in [6.07, 6.45) is 6.54. The lowest BCUT2D eigenvalue weighted by Crippen LogP contribution is -2.32. The SMILES string of the molecule is Cc1ccccc1-n1cc(CNc2cccc(C3CCCC(=O)N3)c2)cn1. The Morgan fingerprint density at radius 1 is 1.22 bits per heavy atom. The van der Waals surface area contributed by atoms with Gasteiger partial charge in [0.15, 0.2) is 0 Å². The Labute approximate surface area is 159 Å². The summed E-state index contributed by atoms with van der Waals surface area (Å²) < 4.78 is 1.92. The fourth-order valence-electron chi connectivity index (χ4n) is 3.53. The van der Waals surface area contributed by atoms with Gasteiger partial charge in [-0.25, -0.2) is 4.68 Å². The van der Waals surface area contributed by atoms with E-state index in [-0.39, 0.29) is 11.9 Å². The van der Waals surface area contributed by atoms with Crippen molar-refractivity contribution < 1.29 is 4.79 Å². The van der Waals surface area contributed by atoms with E-state index in [2.05, 4.69) is 59.2 Å². The van der Waals surface area contributed by atoms with E-state index in [0.717, 1.165) is 35.3 Å². The van der Waals surface area contributed by atoms with Gasteiger partial charge in [0.2, 0.25) is 5.91 Å². The van der Waals surface area contributed by atoms with Gasteiger partial charge in [-0.15, -0.1) is 0 Å². The first-order valence-corrected chi connectivity index (χ1v) is 9.42. The van der Waals surface area contributed by atoms with Gasteiger partial charge in [-0.05, 0) is 49.1 Å². The molecule has 1 aromatic heterocycles. The van der Waals surface area contributed by atoms with Crippen molar-refractivity contribution in [3.8, 4) is 5.69 Å². The van der Waals surface area contributed by atoms with Crippen LogP contribution in [0.2, 0.25) is 0 Å². The van der Waals surface area contributed by atoms with E-state index in [1.807, 2.05) is 29.1 Å². The number of piperidine rings is 1. The Morgan fingerprint density at radius 3 is 2.96 bits per heavy atom. The van der Waals surface area contributed by atoms with Crippen LogP contribution < -0.4 is 10.6 Å². The normalized spacial score (nSPS) is 16.8. The summed E-state index contributed by atoms with van der Waals surface area (Å²) in [6, 6.07) is 16.6. The maximum Gasteiger partial charge on any atom is 0.220 e. The van der Waals surface area contributed by atoms with Crippen molar-refractivity contribution in [2.45, 2.75) is 38.8 Å². The number of aryl methyl sites for hydroxylation is 1. The third-order valence-electron chi connectivity index (χ3n) is 5.02. The van der Waals surface area contributed by atoms with Crippen LogP contribution in [0.5, 0.6) is 0 Å². The zero-order valence-corrected chi connectivity index (χ0v) is 15.5. The lowest BCUT2D eigenvalue weighted by atomic mass is 9.97. The molecule has 5 nitrogen and oxygen atoms in total. The van der Waals surface area contributed by atoms with E-state index in [9.17, 15) is 4.79 Å². The van der Waals surface area contributed by atoms with Crippen molar-refractivity contribution in [1.29, 1.82) is 0 Å². The Morgan fingerprint density at radius 2 is 2.11 bits per heavy atom. The summed E-state index contributed by atoms with van der Waals surface area (Å²) >= 11 is 0. The highest BCUT2D eigenvalue weighted by molar-refractivity contribution is 5.77. The molecule has 5 heteroatoms. The molecule has 1 saturated heterocycles. The molecular formula is C22H24N4O. The van der Waals surface area contributed by atoms with E-state index >= 15 is 0 Å². The fourth-order valence-corrected chi connectivity index (χ4v) is 3.53. The number of amides is 1. The summed E-state index contributed by atoms with van der Waals surface area (Å²) in [5.74, 6) is 0.147. The van der Waals surface area contributed by atoms with Crippen LogP contribution in [-0.2, 0) is 11.3 Å². The Kier molecular flexibility index (Phi) is 4.92. The average molecular weight is 360 g/mol. The van der Waals surface area contributed by atoms with Crippen LogP contribution in [-0.4, -0.2) is 15.7 Å². The quantitative estimate of drug-likeness (QED) is 0.719. The molecule has 2 aromatic carbocycles. The van der Waals surface area contributed by atoms with Crippen LogP contribution in [0.1, 0.15) is 42.0 Å². The molecule has 1 amide bonds. The number of anilines is 1. The van der Waals surface area contributed by atoms with Crippen LogP contribution in [0.25, 0.3) is 5.69 Å². The van der Waals surface area contributed by atoms with Gasteiger partial charge in [0.25, 0.3) is 0 Å². The topological polar surface area (TPSA) is 59.0 Å². The molecule has 1 aliphatic heterocycles. The van der Waals surface area contributed by atoms with Crippen molar-refractivity contribution in [1.82, 2.24) is 15.1 Å². The molecule has 3 aromatic rings. The molecule has 2 N–H and O–H groups in total. The molecule has 0 saturated carbocycles. The number of nitrogens with one attached hydrogen (secondary N) is 2. The largest absolute Gasteiger partial charge is 0.381 e. The first kappa shape index (κ1) is 17.3. The van der Waals surface area contributed by atoms with Gasteiger partial charge in [0.05, 0.1) is 17.9 Å². The van der Waals surface area contributed by atoms with Crippen molar-refractivity contribution in [2.75, 3.05) is 5.32 Å². The van der Waals surface area contributed by atoms with Gasteiger partial charge in [-0.2, -0.15) is 5.10 Å². The lowest BCUT2D eigenvalue weighted by Gasteiger charge is -2.24. The predicted molar refractivity (Wildman–Crippen MR) is 107 cm³/mol. The number of aromatic nitrogens is 2. The van der Waals surface area contributed by atoms with E-state index in [4.69, 9.17) is 0 Å². The van der Waals surface area contributed by atoms with Crippen molar-refractivity contribution in [3.05, 3.63) is 77.6 Å². The van der Waals surface area contributed by atoms with Crippen molar-refractivity contribution in [2.24, 2.45) is 0 Å². The van der Waals surface area contributed by atoms with Crippen LogP contribution in [0.3, 0.4) is 0 Å². The Hall–Kier alpha value is -3.08.